The molecule has 0 radical (unpaired) electrons. The summed E-state index contributed by atoms with van der Waals surface area (Å²) in [4.78, 5) is 26.8. The summed E-state index contributed by atoms with van der Waals surface area (Å²) in [7, 11) is 0. The summed E-state index contributed by atoms with van der Waals surface area (Å²) in [6.07, 6.45) is 1.03. The van der Waals surface area contributed by atoms with Gasteiger partial charge in [-0.1, -0.05) is 48.0 Å². The highest BCUT2D eigenvalue weighted by Crippen LogP contribution is 2.22. The van der Waals surface area contributed by atoms with E-state index in [1.807, 2.05) is 31.2 Å². The van der Waals surface area contributed by atoms with Crippen molar-refractivity contribution in [2.24, 2.45) is 0 Å². The van der Waals surface area contributed by atoms with Crippen molar-refractivity contribution in [3.63, 3.8) is 0 Å². The molecular weight excluding hydrogens is 374 g/mol. The van der Waals surface area contributed by atoms with Crippen LogP contribution in [0.3, 0.4) is 0 Å². The maximum atomic E-state index is 12.7. The molecule has 148 valence electrons. The van der Waals surface area contributed by atoms with Crippen molar-refractivity contribution >= 4 is 24.2 Å². The minimum Gasteiger partial charge on any atom is -0.350 e. The molecule has 2 aromatic carbocycles. The molecule has 0 bridgehead atoms. The molecule has 1 saturated heterocycles. The van der Waals surface area contributed by atoms with E-state index in [-0.39, 0.29) is 30.3 Å². The number of benzene rings is 2. The lowest BCUT2D eigenvalue weighted by atomic mass is 10.1. The van der Waals surface area contributed by atoms with Crippen molar-refractivity contribution in [3.05, 3.63) is 70.3 Å². The number of likely N-dealkylation sites (tertiary alicyclic amines) is 1. The number of aryl methyl sites for hydroxylation is 1. The van der Waals surface area contributed by atoms with Crippen LogP contribution in [0.5, 0.6) is 0 Å². The first-order valence-electron chi connectivity index (χ1n) is 9.54. The van der Waals surface area contributed by atoms with Gasteiger partial charge in [0.2, 0.25) is 11.8 Å². The molecule has 1 fully saturated rings. The molecule has 4 rings (SSSR count). The lowest BCUT2D eigenvalue weighted by Gasteiger charge is -2.24. The molecular formula is C22H26ClN3O2. The van der Waals surface area contributed by atoms with E-state index in [9.17, 15) is 9.59 Å². The molecule has 5 nitrogen and oxygen atoms in total. The lowest BCUT2D eigenvalue weighted by molar-refractivity contribution is -0.135. The quantitative estimate of drug-likeness (QED) is 0.812. The standard InChI is InChI=1S/C22H25N3O2.ClH/c1-15-2-4-16(5-3-15)14-25-20(8-9-21(25)26)22(27)24-11-17-6-7-18-12-23-13-19(18)10-17;/h2-7,10,20,23H,8-9,11-14H2,1H3,(H,24,27);1H. The first-order valence-corrected chi connectivity index (χ1v) is 9.54. The van der Waals surface area contributed by atoms with Crippen LogP contribution in [0.25, 0.3) is 0 Å². The van der Waals surface area contributed by atoms with Crippen molar-refractivity contribution in [3.8, 4) is 0 Å². The van der Waals surface area contributed by atoms with Crippen LogP contribution in [0.15, 0.2) is 42.5 Å². The highest BCUT2D eigenvalue weighted by Gasteiger charge is 2.35. The van der Waals surface area contributed by atoms with E-state index >= 15 is 0 Å². The SMILES string of the molecule is Cc1ccc(CN2C(=O)CCC2C(=O)NCc2ccc3c(c2)CNC3)cc1.Cl. The number of nitrogens with one attached hydrogen (secondary N) is 2. The van der Waals surface area contributed by atoms with Crippen LogP contribution in [0.1, 0.15) is 40.7 Å². The first-order chi connectivity index (χ1) is 13.1. The van der Waals surface area contributed by atoms with Gasteiger partial charge in [0.1, 0.15) is 6.04 Å². The minimum absolute atomic E-state index is 0. The molecule has 0 aliphatic carbocycles. The van der Waals surface area contributed by atoms with Gasteiger partial charge in [-0.2, -0.15) is 0 Å². The highest BCUT2D eigenvalue weighted by atomic mass is 35.5. The zero-order valence-corrected chi connectivity index (χ0v) is 16.8. The topological polar surface area (TPSA) is 61.4 Å². The zero-order chi connectivity index (χ0) is 18.8. The summed E-state index contributed by atoms with van der Waals surface area (Å²) in [5.41, 5.74) is 5.97. The van der Waals surface area contributed by atoms with Gasteiger partial charge < -0.3 is 15.5 Å². The van der Waals surface area contributed by atoms with Gasteiger partial charge in [-0.3, -0.25) is 9.59 Å². The highest BCUT2D eigenvalue weighted by molar-refractivity contribution is 5.90. The first kappa shape index (κ1) is 20.4. The van der Waals surface area contributed by atoms with Crippen molar-refractivity contribution in [2.45, 2.75) is 52.0 Å². The van der Waals surface area contributed by atoms with Crippen LogP contribution in [0.4, 0.5) is 0 Å². The Kier molecular flexibility index (Phi) is 6.37. The molecule has 2 aliphatic heterocycles. The van der Waals surface area contributed by atoms with Gasteiger partial charge in [0.15, 0.2) is 0 Å². The van der Waals surface area contributed by atoms with Crippen molar-refractivity contribution < 1.29 is 9.59 Å². The second-order valence-electron chi connectivity index (χ2n) is 7.49. The van der Waals surface area contributed by atoms with Crippen LogP contribution < -0.4 is 10.6 Å². The number of carbonyl (C=O) groups excluding carboxylic acids is 2. The number of amides is 2. The Morgan fingerprint density at radius 2 is 1.82 bits per heavy atom. The fraction of sp³-hybridized carbons (Fsp3) is 0.364. The third-order valence-electron chi connectivity index (χ3n) is 5.47. The number of hydrogen-bond donors (Lipinski definition) is 2. The monoisotopic (exact) mass is 399 g/mol. The van der Waals surface area contributed by atoms with E-state index < -0.39 is 0 Å². The molecule has 2 amide bonds. The fourth-order valence-electron chi connectivity index (χ4n) is 3.86. The molecule has 1 atom stereocenters. The summed E-state index contributed by atoms with van der Waals surface area (Å²) in [6.45, 7) is 4.83. The predicted octanol–water partition coefficient (Wildman–Crippen LogP) is 2.83. The number of hydrogen-bond acceptors (Lipinski definition) is 3. The molecule has 0 aromatic heterocycles. The lowest BCUT2D eigenvalue weighted by Crippen LogP contribution is -2.44. The predicted molar refractivity (Wildman–Crippen MR) is 111 cm³/mol. The van der Waals surface area contributed by atoms with Gasteiger partial charge in [-0.05, 0) is 35.6 Å². The number of halogens is 1. The third-order valence-corrected chi connectivity index (χ3v) is 5.47. The van der Waals surface area contributed by atoms with Crippen LogP contribution in [0, 0.1) is 6.92 Å². The molecule has 2 aliphatic rings. The van der Waals surface area contributed by atoms with E-state index in [0.29, 0.717) is 25.9 Å². The maximum Gasteiger partial charge on any atom is 0.243 e. The number of fused-ring (bicyclic) bond motifs is 1. The average Bonchev–Trinajstić information content (AvgIpc) is 3.28. The Bertz CT molecular complexity index is 867. The Morgan fingerprint density at radius 1 is 1.11 bits per heavy atom. The molecule has 28 heavy (non-hydrogen) atoms. The van der Waals surface area contributed by atoms with Gasteiger partial charge in [0.05, 0.1) is 0 Å². The molecule has 0 spiro atoms. The summed E-state index contributed by atoms with van der Waals surface area (Å²) in [6, 6.07) is 14.1. The Labute approximate surface area is 171 Å². The summed E-state index contributed by atoms with van der Waals surface area (Å²) in [5.74, 6) is -0.00841. The summed E-state index contributed by atoms with van der Waals surface area (Å²) < 4.78 is 0. The van der Waals surface area contributed by atoms with Crippen molar-refractivity contribution in [2.75, 3.05) is 0 Å². The summed E-state index contributed by atoms with van der Waals surface area (Å²) >= 11 is 0. The Morgan fingerprint density at radius 3 is 2.61 bits per heavy atom. The third kappa shape index (κ3) is 4.37. The number of rotatable bonds is 5. The molecule has 6 heteroatoms. The van der Waals surface area contributed by atoms with Crippen LogP contribution in [-0.4, -0.2) is 22.8 Å². The van der Waals surface area contributed by atoms with E-state index in [1.54, 1.807) is 4.90 Å². The Hall–Kier alpha value is -2.37. The maximum absolute atomic E-state index is 12.7. The van der Waals surface area contributed by atoms with Gasteiger partial charge >= 0.3 is 0 Å². The molecule has 0 saturated carbocycles. The Balaban J connectivity index is 0.00000225. The summed E-state index contributed by atoms with van der Waals surface area (Å²) in [5, 5.41) is 6.35. The van der Waals surface area contributed by atoms with E-state index in [0.717, 1.165) is 24.2 Å². The van der Waals surface area contributed by atoms with E-state index in [4.69, 9.17) is 0 Å². The van der Waals surface area contributed by atoms with Crippen LogP contribution in [-0.2, 0) is 35.8 Å². The van der Waals surface area contributed by atoms with Crippen LogP contribution in [0.2, 0.25) is 0 Å². The molecule has 2 aromatic rings. The molecule has 2 N–H and O–H groups in total. The second kappa shape index (κ2) is 8.76. The smallest absolute Gasteiger partial charge is 0.243 e. The van der Waals surface area contributed by atoms with E-state index in [1.165, 1.54) is 16.7 Å². The van der Waals surface area contributed by atoms with Gasteiger partial charge in [-0.15, -0.1) is 12.4 Å². The average molecular weight is 400 g/mol. The molecule has 2 heterocycles. The largest absolute Gasteiger partial charge is 0.350 e. The second-order valence-corrected chi connectivity index (χ2v) is 7.49. The number of carbonyl (C=O) groups is 2. The van der Waals surface area contributed by atoms with Gasteiger partial charge in [-0.25, -0.2) is 0 Å². The number of nitrogens with zero attached hydrogens (tertiary/aromatic N) is 1. The molecule has 1 unspecified atom stereocenters. The van der Waals surface area contributed by atoms with Crippen molar-refractivity contribution in [1.82, 2.24) is 15.5 Å². The van der Waals surface area contributed by atoms with E-state index in [2.05, 4.69) is 28.8 Å². The zero-order valence-electron chi connectivity index (χ0n) is 16.0. The van der Waals surface area contributed by atoms with Crippen molar-refractivity contribution in [1.29, 1.82) is 0 Å². The van der Waals surface area contributed by atoms with Crippen LogP contribution >= 0.6 is 12.4 Å². The van der Waals surface area contributed by atoms with Gasteiger partial charge in [0, 0.05) is 32.6 Å². The fourth-order valence-corrected chi connectivity index (χ4v) is 3.86. The van der Waals surface area contributed by atoms with Gasteiger partial charge in [0.25, 0.3) is 0 Å². The normalized spacial score (nSPS) is 18.0. The minimum atomic E-state index is -0.380.